The van der Waals surface area contributed by atoms with Crippen molar-refractivity contribution in [1.82, 2.24) is 5.32 Å². The zero-order valence-corrected chi connectivity index (χ0v) is 11.6. The van der Waals surface area contributed by atoms with Gasteiger partial charge in [-0.2, -0.15) is 5.26 Å². The third-order valence-electron chi connectivity index (χ3n) is 3.04. The first-order valence-corrected chi connectivity index (χ1v) is 6.22. The number of nitriles is 1. The van der Waals surface area contributed by atoms with Gasteiger partial charge in [0, 0.05) is 5.02 Å². The quantitative estimate of drug-likeness (QED) is 0.909. The molecular weight excluding hydrogens is 248 g/mol. The minimum atomic E-state index is -0.838. The molecule has 96 valence electrons. The highest BCUT2D eigenvalue weighted by molar-refractivity contribution is 6.30. The van der Waals surface area contributed by atoms with Gasteiger partial charge < -0.3 is 5.32 Å². The minimum absolute atomic E-state index is 0.0470. The maximum absolute atomic E-state index is 11.9. The fourth-order valence-corrected chi connectivity index (χ4v) is 1.68. The van der Waals surface area contributed by atoms with Gasteiger partial charge in [-0.1, -0.05) is 37.6 Å². The van der Waals surface area contributed by atoms with E-state index in [-0.39, 0.29) is 18.2 Å². The predicted molar refractivity (Wildman–Crippen MR) is 72.2 cm³/mol. The highest BCUT2D eigenvalue weighted by Gasteiger charge is 2.29. The molecule has 0 saturated heterocycles. The van der Waals surface area contributed by atoms with Crippen LogP contribution in [0.25, 0.3) is 0 Å². The van der Waals surface area contributed by atoms with Crippen LogP contribution < -0.4 is 5.32 Å². The van der Waals surface area contributed by atoms with E-state index in [1.165, 1.54) is 0 Å². The van der Waals surface area contributed by atoms with Crippen molar-refractivity contribution in [2.45, 2.75) is 32.7 Å². The van der Waals surface area contributed by atoms with E-state index in [4.69, 9.17) is 16.9 Å². The molecule has 1 atom stereocenters. The first-order valence-electron chi connectivity index (χ1n) is 5.84. The molecule has 0 heterocycles. The summed E-state index contributed by atoms with van der Waals surface area (Å²) in [6, 6.07) is 9.30. The summed E-state index contributed by atoms with van der Waals surface area (Å²) in [5.74, 6) is -0.124. The van der Waals surface area contributed by atoms with Crippen molar-refractivity contribution in [3.8, 4) is 6.07 Å². The van der Waals surface area contributed by atoms with Gasteiger partial charge in [-0.25, -0.2) is 0 Å². The van der Waals surface area contributed by atoms with Crippen molar-refractivity contribution < 1.29 is 4.79 Å². The third kappa shape index (κ3) is 3.75. The summed E-state index contributed by atoms with van der Waals surface area (Å²) in [6.45, 7) is 5.54. The Morgan fingerprint density at radius 1 is 1.56 bits per heavy atom. The molecule has 0 aromatic heterocycles. The number of nitrogens with zero attached hydrogens (tertiary/aromatic N) is 1. The molecule has 0 saturated carbocycles. The molecule has 0 bridgehead atoms. The first-order chi connectivity index (χ1) is 8.37. The van der Waals surface area contributed by atoms with Crippen LogP contribution in [0.15, 0.2) is 24.3 Å². The van der Waals surface area contributed by atoms with Gasteiger partial charge in [0.15, 0.2) is 0 Å². The molecule has 3 nitrogen and oxygen atoms in total. The number of halogens is 1. The normalized spacial score (nSPS) is 13.8. The van der Waals surface area contributed by atoms with Gasteiger partial charge in [-0.15, -0.1) is 0 Å². The van der Waals surface area contributed by atoms with Crippen LogP contribution in [-0.4, -0.2) is 11.4 Å². The van der Waals surface area contributed by atoms with Crippen LogP contribution in [0.2, 0.25) is 5.02 Å². The Morgan fingerprint density at radius 2 is 2.22 bits per heavy atom. The van der Waals surface area contributed by atoms with E-state index in [0.717, 1.165) is 5.56 Å². The van der Waals surface area contributed by atoms with Crippen LogP contribution in [0.4, 0.5) is 0 Å². The minimum Gasteiger partial charge on any atom is -0.338 e. The van der Waals surface area contributed by atoms with Crippen molar-refractivity contribution in [3.05, 3.63) is 34.9 Å². The van der Waals surface area contributed by atoms with Crippen LogP contribution in [0.5, 0.6) is 0 Å². The van der Waals surface area contributed by atoms with Gasteiger partial charge >= 0.3 is 0 Å². The number of rotatable bonds is 4. The molecule has 0 radical (unpaired) electrons. The number of carbonyl (C=O) groups excluding carboxylic acids is 1. The molecule has 0 aliphatic heterocycles. The lowest BCUT2D eigenvalue weighted by Crippen LogP contribution is -2.49. The van der Waals surface area contributed by atoms with E-state index >= 15 is 0 Å². The average Bonchev–Trinajstić information content (AvgIpc) is 2.28. The second-order valence-electron chi connectivity index (χ2n) is 4.82. The highest BCUT2D eigenvalue weighted by atomic mass is 35.5. The zero-order chi connectivity index (χ0) is 13.8. The Balaban J connectivity index is 2.71. The van der Waals surface area contributed by atoms with Gasteiger partial charge in [0.1, 0.15) is 5.54 Å². The Labute approximate surface area is 113 Å². The van der Waals surface area contributed by atoms with Gasteiger partial charge in [-0.3, -0.25) is 4.79 Å². The zero-order valence-electron chi connectivity index (χ0n) is 10.8. The third-order valence-corrected chi connectivity index (χ3v) is 3.27. The average molecular weight is 265 g/mol. The standard InChI is InChI=1S/C14H17ClN2O/c1-10(2)14(3,9-16)17-13(18)8-11-5-4-6-12(15)7-11/h4-7,10H,8H2,1-3H3,(H,17,18). The Morgan fingerprint density at radius 3 is 2.72 bits per heavy atom. The van der Waals surface area contributed by atoms with Crippen LogP contribution in [0.1, 0.15) is 26.3 Å². The number of benzene rings is 1. The van der Waals surface area contributed by atoms with Crippen molar-refractivity contribution in [2.75, 3.05) is 0 Å². The molecule has 1 rings (SSSR count). The highest BCUT2D eigenvalue weighted by Crippen LogP contribution is 2.16. The van der Waals surface area contributed by atoms with Gasteiger partial charge in [0.25, 0.3) is 0 Å². The predicted octanol–water partition coefficient (Wildman–Crippen LogP) is 2.94. The molecule has 1 N–H and O–H groups in total. The number of hydrogen-bond donors (Lipinski definition) is 1. The number of nitrogens with one attached hydrogen (secondary N) is 1. The lowest BCUT2D eigenvalue weighted by Gasteiger charge is -2.27. The molecule has 1 aromatic rings. The summed E-state index contributed by atoms with van der Waals surface area (Å²) in [6.07, 6.45) is 0.227. The summed E-state index contributed by atoms with van der Waals surface area (Å²) in [4.78, 5) is 11.9. The largest absolute Gasteiger partial charge is 0.338 e. The van der Waals surface area contributed by atoms with E-state index in [9.17, 15) is 4.79 Å². The summed E-state index contributed by atoms with van der Waals surface area (Å²) in [5, 5.41) is 12.5. The van der Waals surface area contributed by atoms with E-state index in [2.05, 4.69) is 11.4 Å². The molecule has 0 fully saturated rings. The fraction of sp³-hybridized carbons (Fsp3) is 0.429. The SMILES string of the molecule is CC(C)C(C)(C#N)NC(=O)Cc1cccc(Cl)c1. The van der Waals surface area contributed by atoms with E-state index < -0.39 is 5.54 Å². The van der Waals surface area contributed by atoms with Crippen LogP contribution in [0.3, 0.4) is 0 Å². The second-order valence-corrected chi connectivity index (χ2v) is 5.26. The monoisotopic (exact) mass is 264 g/mol. The Bertz CT molecular complexity index is 479. The van der Waals surface area contributed by atoms with Crippen molar-refractivity contribution >= 4 is 17.5 Å². The van der Waals surface area contributed by atoms with Crippen molar-refractivity contribution in [3.63, 3.8) is 0 Å². The van der Waals surface area contributed by atoms with E-state index in [0.29, 0.717) is 5.02 Å². The smallest absolute Gasteiger partial charge is 0.225 e. The topological polar surface area (TPSA) is 52.9 Å². The Hall–Kier alpha value is -1.53. The Kier molecular flexibility index (Phi) is 4.75. The van der Waals surface area contributed by atoms with Crippen LogP contribution >= 0.6 is 11.6 Å². The molecule has 0 spiro atoms. The second kappa shape index (κ2) is 5.88. The first kappa shape index (κ1) is 14.5. The molecule has 4 heteroatoms. The molecular formula is C14H17ClN2O. The van der Waals surface area contributed by atoms with Crippen molar-refractivity contribution in [1.29, 1.82) is 5.26 Å². The fourth-order valence-electron chi connectivity index (χ4n) is 1.47. The summed E-state index contributed by atoms with van der Waals surface area (Å²) < 4.78 is 0. The molecule has 1 amide bonds. The van der Waals surface area contributed by atoms with E-state index in [1.807, 2.05) is 19.9 Å². The summed E-state index contributed by atoms with van der Waals surface area (Å²) in [5.41, 5.74) is -0.000561. The van der Waals surface area contributed by atoms with E-state index in [1.54, 1.807) is 25.1 Å². The van der Waals surface area contributed by atoms with Gasteiger partial charge in [0.05, 0.1) is 12.5 Å². The summed E-state index contributed by atoms with van der Waals surface area (Å²) >= 11 is 5.86. The maximum atomic E-state index is 11.9. The number of carbonyl (C=O) groups is 1. The maximum Gasteiger partial charge on any atom is 0.225 e. The number of amides is 1. The molecule has 1 aromatic carbocycles. The summed E-state index contributed by atoms with van der Waals surface area (Å²) in [7, 11) is 0. The van der Waals surface area contributed by atoms with Gasteiger partial charge in [0.2, 0.25) is 5.91 Å². The lowest BCUT2D eigenvalue weighted by atomic mass is 9.90. The van der Waals surface area contributed by atoms with Crippen LogP contribution in [0, 0.1) is 17.2 Å². The van der Waals surface area contributed by atoms with Gasteiger partial charge in [-0.05, 0) is 30.5 Å². The molecule has 1 unspecified atom stereocenters. The molecule has 0 aliphatic rings. The van der Waals surface area contributed by atoms with Crippen LogP contribution in [-0.2, 0) is 11.2 Å². The molecule has 18 heavy (non-hydrogen) atoms. The van der Waals surface area contributed by atoms with Crippen molar-refractivity contribution in [2.24, 2.45) is 5.92 Å². The molecule has 0 aliphatic carbocycles. The number of hydrogen-bond acceptors (Lipinski definition) is 2. The lowest BCUT2D eigenvalue weighted by molar-refractivity contribution is -0.122.